The van der Waals surface area contributed by atoms with Crippen molar-refractivity contribution in [2.24, 2.45) is 0 Å². The first kappa shape index (κ1) is 10.4. The van der Waals surface area contributed by atoms with E-state index in [0.717, 1.165) is 4.42 Å². The first-order chi connectivity index (χ1) is 4.89. The molecular formula is C4HCl6N. The molecule has 64 valence electrons. The number of hydrogen-bond donors (Lipinski definition) is 0. The molecule has 1 aliphatic heterocycles. The van der Waals surface area contributed by atoms with Crippen molar-refractivity contribution in [1.82, 2.24) is 4.42 Å². The third kappa shape index (κ3) is 1.52. The van der Waals surface area contributed by atoms with Crippen molar-refractivity contribution < 1.29 is 0 Å². The topological polar surface area (TPSA) is 3.24 Å². The smallest absolute Gasteiger partial charge is 0.226 e. The minimum atomic E-state index is -1.47. The van der Waals surface area contributed by atoms with Gasteiger partial charge in [0.1, 0.15) is 10.5 Å². The van der Waals surface area contributed by atoms with Gasteiger partial charge in [0.25, 0.3) is 0 Å². The highest BCUT2D eigenvalue weighted by Gasteiger charge is 2.49. The second-order valence-corrected chi connectivity index (χ2v) is 4.76. The highest BCUT2D eigenvalue weighted by molar-refractivity contribution is 6.59. The summed E-state index contributed by atoms with van der Waals surface area (Å²) < 4.78 is -0.588. The molecule has 0 aromatic carbocycles. The summed E-state index contributed by atoms with van der Waals surface area (Å²) in [5.41, 5.74) is 0. The second kappa shape index (κ2) is 3.21. The predicted octanol–water partition coefficient (Wildman–Crippen LogP) is 3.84. The Hall–Kier alpha value is 1.28. The van der Waals surface area contributed by atoms with Crippen LogP contribution in [0.3, 0.4) is 0 Å². The van der Waals surface area contributed by atoms with E-state index in [1.165, 1.54) is 0 Å². The van der Waals surface area contributed by atoms with Crippen LogP contribution in [0.2, 0.25) is 0 Å². The molecule has 1 heterocycles. The summed E-state index contributed by atoms with van der Waals surface area (Å²) in [5, 5.41) is -0.607. The molecule has 0 aromatic heterocycles. The van der Waals surface area contributed by atoms with Gasteiger partial charge in [-0.15, -0.1) is 11.6 Å². The molecule has 0 aliphatic carbocycles. The van der Waals surface area contributed by atoms with Gasteiger partial charge in [0.15, 0.2) is 0 Å². The maximum absolute atomic E-state index is 5.68. The molecular weight excluding hydrogens is 275 g/mol. The quantitative estimate of drug-likeness (QED) is 0.369. The second-order valence-electron chi connectivity index (χ2n) is 1.87. The molecule has 0 saturated heterocycles. The van der Waals surface area contributed by atoms with Gasteiger partial charge < -0.3 is 0 Å². The normalized spacial score (nSPS) is 30.0. The van der Waals surface area contributed by atoms with E-state index in [9.17, 15) is 0 Å². The molecule has 0 aromatic rings. The Kier molecular flexibility index (Phi) is 3.02. The van der Waals surface area contributed by atoms with E-state index in [2.05, 4.69) is 0 Å². The van der Waals surface area contributed by atoms with Crippen LogP contribution in [0.25, 0.3) is 0 Å². The molecule has 11 heavy (non-hydrogen) atoms. The Morgan fingerprint density at radius 3 is 1.82 bits per heavy atom. The van der Waals surface area contributed by atoms with Crippen LogP contribution < -0.4 is 0 Å². The summed E-state index contributed by atoms with van der Waals surface area (Å²) in [6.07, 6.45) is 0. The van der Waals surface area contributed by atoms with Crippen LogP contribution in [0.4, 0.5) is 0 Å². The van der Waals surface area contributed by atoms with E-state index < -0.39 is 9.83 Å². The fraction of sp³-hybridized carbons (Fsp3) is 0.500. The minimum absolute atomic E-state index is 0.0540. The molecule has 0 spiro atoms. The van der Waals surface area contributed by atoms with E-state index in [1.54, 1.807) is 0 Å². The van der Waals surface area contributed by atoms with Gasteiger partial charge in [0, 0.05) is 11.8 Å². The number of hydrogen-bond acceptors (Lipinski definition) is 1. The van der Waals surface area contributed by atoms with Crippen LogP contribution in [-0.4, -0.2) is 14.3 Å². The SMILES string of the molecule is ClC1=C(Cl)N(Cl)C(Cl)(Cl)C1Cl. The highest BCUT2D eigenvalue weighted by atomic mass is 35.5. The molecule has 0 radical (unpaired) electrons. The lowest BCUT2D eigenvalue weighted by molar-refractivity contribution is 0.533. The number of rotatable bonds is 0. The first-order valence-corrected chi connectivity index (χ1v) is 4.70. The Labute approximate surface area is 93.8 Å². The van der Waals surface area contributed by atoms with Crippen LogP contribution in [0.1, 0.15) is 0 Å². The highest BCUT2D eigenvalue weighted by Crippen LogP contribution is 2.50. The fourth-order valence-electron chi connectivity index (χ4n) is 0.581. The van der Waals surface area contributed by atoms with Crippen molar-refractivity contribution in [1.29, 1.82) is 0 Å². The van der Waals surface area contributed by atoms with Crippen LogP contribution >= 0.6 is 69.8 Å². The molecule has 0 fully saturated rings. The Balaban J connectivity index is 3.02. The van der Waals surface area contributed by atoms with Gasteiger partial charge in [-0.1, -0.05) is 46.4 Å². The molecule has 1 nitrogen and oxygen atoms in total. The molecule has 7 heteroatoms. The van der Waals surface area contributed by atoms with Crippen molar-refractivity contribution >= 4 is 69.8 Å². The third-order valence-corrected chi connectivity index (χ3v) is 4.36. The van der Waals surface area contributed by atoms with Gasteiger partial charge in [-0.2, -0.15) is 0 Å². The van der Waals surface area contributed by atoms with Crippen molar-refractivity contribution in [2.75, 3.05) is 0 Å². The van der Waals surface area contributed by atoms with Crippen LogP contribution in [0.5, 0.6) is 0 Å². The molecule has 0 N–H and O–H groups in total. The molecule has 1 aliphatic rings. The first-order valence-electron chi connectivity index (χ1n) is 2.42. The molecule has 0 saturated carbocycles. The summed E-state index contributed by atoms with van der Waals surface area (Å²) in [4.78, 5) is 0. The lowest BCUT2D eigenvalue weighted by atomic mass is 10.4. The number of halogens is 6. The molecule has 0 amide bonds. The Morgan fingerprint density at radius 1 is 1.27 bits per heavy atom. The zero-order chi connectivity index (χ0) is 8.81. The third-order valence-electron chi connectivity index (χ3n) is 1.16. The van der Waals surface area contributed by atoms with E-state index in [0.29, 0.717) is 0 Å². The van der Waals surface area contributed by atoms with Gasteiger partial charge in [0.05, 0.1) is 5.03 Å². The average molecular weight is 276 g/mol. The van der Waals surface area contributed by atoms with Crippen molar-refractivity contribution in [3.63, 3.8) is 0 Å². The van der Waals surface area contributed by atoms with E-state index in [1.807, 2.05) is 0 Å². The summed E-state index contributed by atoms with van der Waals surface area (Å²) >= 11 is 33.8. The summed E-state index contributed by atoms with van der Waals surface area (Å²) in [7, 11) is 0. The average Bonchev–Trinajstić information content (AvgIpc) is 2.06. The monoisotopic (exact) mass is 273 g/mol. The largest absolute Gasteiger partial charge is 0.237 e. The van der Waals surface area contributed by atoms with Crippen LogP contribution in [-0.2, 0) is 0 Å². The molecule has 1 unspecified atom stereocenters. The zero-order valence-corrected chi connectivity index (χ0v) is 9.33. The lowest BCUT2D eigenvalue weighted by Gasteiger charge is -2.23. The van der Waals surface area contributed by atoms with Gasteiger partial charge in [-0.3, -0.25) is 0 Å². The maximum atomic E-state index is 5.68. The van der Waals surface area contributed by atoms with Gasteiger partial charge in [-0.25, -0.2) is 4.42 Å². The van der Waals surface area contributed by atoms with E-state index in [4.69, 9.17) is 69.8 Å². The summed E-state index contributed by atoms with van der Waals surface area (Å²) in [5.74, 6) is 0. The number of alkyl halides is 3. The summed E-state index contributed by atoms with van der Waals surface area (Å²) in [6, 6.07) is 0. The van der Waals surface area contributed by atoms with Crippen LogP contribution in [0.15, 0.2) is 10.2 Å². The number of nitrogens with zero attached hydrogens (tertiary/aromatic N) is 1. The lowest BCUT2D eigenvalue weighted by Crippen LogP contribution is -2.32. The Bertz CT molecular complexity index is 191. The molecule has 1 atom stereocenters. The maximum Gasteiger partial charge on any atom is 0.226 e. The Morgan fingerprint density at radius 2 is 1.73 bits per heavy atom. The minimum Gasteiger partial charge on any atom is -0.237 e. The van der Waals surface area contributed by atoms with Crippen molar-refractivity contribution in [2.45, 2.75) is 9.83 Å². The summed E-state index contributed by atoms with van der Waals surface area (Å²) in [6.45, 7) is 0. The van der Waals surface area contributed by atoms with Crippen molar-refractivity contribution in [3.8, 4) is 0 Å². The predicted molar refractivity (Wildman–Crippen MR) is 50.5 cm³/mol. The van der Waals surface area contributed by atoms with Crippen molar-refractivity contribution in [3.05, 3.63) is 10.2 Å². The van der Waals surface area contributed by atoms with Crippen LogP contribution in [0, 0.1) is 0 Å². The molecule has 1 rings (SSSR count). The fourth-order valence-corrected chi connectivity index (χ4v) is 2.19. The van der Waals surface area contributed by atoms with Gasteiger partial charge >= 0.3 is 0 Å². The standard InChI is InChI=1S/C4HCl6N/c5-1-2(6)4(8,9)11(10)3(1)7/h2H. The van der Waals surface area contributed by atoms with Gasteiger partial charge in [0.2, 0.25) is 4.46 Å². The van der Waals surface area contributed by atoms with E-state index >= 15 is 0 Å². The molecule has 0 bridgehead atoms. The van der Waals surface area contributed by atoms with E-state index in [-0.39, 0.29) is 10.2 Å². The zero-order valence-electron chi connectivity index (χ0n) is 4.79. The van der Waals surface area contributed by atoms with Gasteiger partial charge in [-0.05, 0) is 0 Å².